The Bertz CT molecular complexity index is 385. The van der Waals surface area contributed by atoms with E-state index >= 15 is 0 Å². The highest BCUT2D eigenvalue weighted by Crippen LogP contribution is 2.10. The SMILES string of the molecule is CCCO.Cc1ccccc1S(N)(=O)=O. The first-order valence-corrected chi connectivity index (χ1v) is 6.17. The summed E-state index contributed by atoms with van der Waals surface area (Å²) in [6.07, 6.45) is 0.875. The average Bonchev–Trinajstić information content (AvgIpc) is 2.17. The molecule has 0 aromatic heterocycles. The highest BCUT2D eigenvalue weighted by atomic mass is 32.2. The largest absolute Gasteiger partial charge is 0.396 e. The number of hydrogen-bond acceptors (Lipinski definition) is 3. The van der Waals surface area contributed by atoms with Gasteiger partial charge in [-0.25, -0.2) is 13.6 Å². The number of hydrogen-bond donors (Lipinski definition) is 2. The van der Waals surface area contributed by atoms with E-state index in [2.05, 4.69) is 0 Å². The second-order valence-corrected chi connectivity index (χ2v) is 4.56. The average molecular weight is 231 g/mol. The normalized spacial score (nSPS) is 10.4. The van der Waals surface area contributed by atoms with Gasteiger partial charge in [0.05, 0.1) is 4.90 Å². The lowest BCUT2D eigenvalue weighted by atomic mass is 10.2. The maximum Gasteiger partial charge on any atom is 0.238 e. The molecule has 86 valence electrons. The quantitative estimate of drug-likeness (QED) is 0.797. The van der Waals surface area contributed by atoms with Crippen molar-refractivity contribution >= 4 is 10.0 Å². The highest BCUT2D eigenvalue weighted by Gasteiger charge is 2.08. The van der Waals surface area contributed by atoms with Gasteiger partial charge in [0.2, 0.25) is 10.0 Å². The zero-order valence-corrected chi connectivity index (χ0v) is 9.79. The van der Waals surface area contributed by atoms with Crippen molar-refractivity contribution in [2.75, 3.05) is 6.61 Å². The molecule has 4 nitrogen and oxygen atoms in total. The molecule has 0 saturated carbocycles. The van der Waals surface area contributed by atoms with Crippen LogP contribution in [0.5, 0.6) is 0 Å². The van der Waals surface area contributed by atoms with Crippen molar-refractivity contribution in [1.82, 2.24) is 0 Å². The molecule has 0 atom stereocenters. The maximum absolute atomic E-state index is 10.8. The predicted octanol–water partition coefficient (Wildman–Crippen LogP) is 1.03. The monoisotopic (exact) mass is 231 g/mol. The molecule has 5 heteroatoms. The van der Waals surface area contributed by atoms with Crippen LogP contribution in [0.2, 0.25) is 0 Å². The second-order valence-electron chi connectivity index (χ2n) is 3.03. The standard InChI is InChI=1S/C7H9NO2S.C3H8O/c1-6-4-2-3-5-7(6)11(8,9)10;1-2-3-4/h2-5H,1H3,(H2,8,9,10);4H,2-3H2,1H3. The molecule has 1 rings (SSSR count). The molecule has 15 heavy (non-hydrogen) atoms. The maximum atomic E-state index is 10.8. The van der Waals surface area contributed by atoms with Crippen LogP contribution in [0.4, 0.5) is 0 Å². The molecule has 3 N–H and O–H groups in total. The summed E-state index contributed by atoms with van der Waals surface area (Å²) < 4.78 is 21.7. The summed E-state index contributed by atoms with van der Waals surface area (Å²) in [5.41, 5.74) is 0.676. The Balaban J connectivity index is 0.000000423. The summed E-state index contributed by atoms with van der Waals surface area (Å²) >= 11 is 0. The molecule has 0 radical (unpaired) electrons. The van der Waals surface area contributed by atoms with Crippen LogP contribution in [0.1, 0.15) is 18.9 Å². The fourth-order valence-corrected chi connectivity index (χ4v) is 1.66. The number of benzene rings is 1. The van der Waals surface area contributed by atoms with Crippen molar-refractivity contribution in [1.29, 1.82) is 0 Å². The van der Waals surface area contributed by atoms with Crippen molar-refractivity contribution in [3.8, 4) is 0 Å². The topological polar surface area (TPSA) is 80.4 Å². The Morgan fingerprint density at radius 2 is 1.80 bits per heavy atom. The van der Waals surface area contributed by atoms with Gasteiger partial charge in [-0.1, -0.05) is 25.1 Å². The van der Waals surface area contributed by atoms with E-state index in [1.165, 1.54) is 6.07 Å². The van der Waals surface area contributed by atoms with Gasteiger partial charge in [0.15, 0.2) is 0 Å². The van der Waals surface area contributed by atoms with Crippen molar-refractivity contribution in [2.45, 2.75) is 25.2 Å². The molecule has 0 heterocycles. The third-order valence-corrected chi connectivity index (χ3v) is 2.69. The van der Waals surface area contributed by atoms with Crippen molar-refractivity contribution in [2.24, 2.45) is 5.14 Å². The number of nitrogens with two attached hydrogens (primary N) is 1. The van der Waals surface area contributed by atoms with E-state index in [9.17, 15) is 8.42 Å². The van der Waals surface area contributed by atoms with Gasteiger partial charge in [0.25, 0.3) is 0 Å². The van der Waals surface area contributed by atoms with Crippen LogP contribution < -0.4 is 5.14 Å². The summed E-state index contributed by atoms with van der Waals surface area (Å²) in [6.45, 7) is 3.96. The van der Waals surface area contributed by atoms with Gasteiger partial charge in [-0.2, -0.15) is 0 Å². The zero-order chi connectivity index (χ0) is 11.9. The zero-order valence-electron chi connectivity index (χ0n) is 8.97. The minimum Gasteiger partial charge on any atom is -0.396 e. The van der Waals surface area contributed by atoms with E-state index in [-0.39, 0.29) is 4.90 Å². The number of aliphatic hydroxyl groups is 1. The fraction of sp³-hybridized carbons (Fsp3) is 0.400. The van der Waals surface area contributed by atoms with Gasteiger partial charge in [-0.05, 0) is 25.0 Å². The Morgan fingerprint density at radius 3 is 2.07 bits per heavy atom. The first-order chi connectivity index (χ1) is 6.93. The van der Waals surface area contributed by atoms with Gasteiger partial charge in [0, 0.05) is 6.61 Å². The molecular weight excluding hydrogens is 214 g/mol. The van der Waals surface area contributed by atoms with Crippen LogP contribution in [-0.4, -0.2) is 20.1 Å². The lowest BCUT2D eigenvalue weighted by Gasteiger charge is -2.00. The van der Waals surface area contributed by atoms with Gasteiger partial charge < -0.3 is 5.11 Å². The third-order valence-electron chi connectivity index (χ3n) is 1.62. The van der Waals surface area contributed by atoms with Crippen molar-refractivity contribution in [3.05, 3.63) is 29.8 Å². The summed E-state index contributed by atoms with van der Waals surface area (Å²) in [5.74, 6) is 0. The predicted molar refractivity (Wildman–Crippen MR) is 59.9 cm³/mol. The molecular formula is C10H17NO3S. The molecule has 0 amide bonds. The minimum atomic E-state index is -3.53. The molecule has 0 bridgehead atoms. The van der Waals surface area contributed by atoms with Crippen molar-refractivity contribution < 1.29 is 13.5 Å². The fourth-order valence-electron chi connectivity index (χ4n) is 0.876. The minimum absolute atomic E-state index is 0.194. The van der Waals surface area contributed by atoms with E-state index in [0.717, 1.165) is 6.42 Å². The molecule has 1 aromatic carbocycles. The van der Waals surface area contributed by atoms with Crippen LogP contribution in [0.15, 0.2) is 29.2 Å². The Morgan fingerprint density at radius 1 is 1.33 bits per heavy atom. The highest BCUT2D eigenvalue weighted by molar-refractivity contribution is 7.89. The van der Waals surface area contributed by atoms with Gasteiger partial charge in [0.1, 0.15) is 0 Å². The summed E-state index contributed by atoms with van der Waals surface area (Å²) in [6, 6.07) is 6.61. The molecule has 0 aliphatic heterocycles. The third kappa shape index (κ3) is 5.51. The number of sulfonamides is 1. The van der Waals surface area contributed by atoms with Gasteiger partial charge in [-0.3, -0.25) is 0 Å². The number of rotatable bonds is 2. The summed E-state index contributed by atoms with van der Waals surface area (Å²) in [7, 11) is -3.53. The number of primary sulfonamides is 1. The van der Waals surface area contributed by atoms with Crippen LogP contribution in [0.3, 0.4) is 0 Å². The molecule has 0 fully saturated rings. The van der Waals surface area contributed by atoms with E-state index in [4.69, 9.17) is 10.2 Å². The lowest BCUT2D eigenvalue weighted by molar-refractivity contribution is 0.295. The van der Waals surface area contributed by atoms with E-state index < -0.39 is 10.0 Å². The Labute approximate surface area is 90.8 Å². The Kier molecular flexibility index (Phi) is 6.15. The first kappa shape index (κ1) is 14.1. The summed E-state index contributed by atoms with van der Waals surface area (Å²) in [4.78, 5) is 0.194. The van der Waals surface area contributed by atoms with Crippen LogP contribution in [0, 0.1) is 6.92 Å². The number of aliphatic hydroxyl groups excluding tert-OH is 1. The number of aryl methyl sites for hydroxylation is 1. The van der Waals surface area contributed by atoms with E-state index in [1.807, 2.05) is 6.92 Å². The molecule has 0 aliphatic rings. The van der Waals surface area contributed by atoms with Crippen molar-refractivity contribution in [3.63, 3.8) is 0 Å². The molecule has 0 aliphatic carbocycles. The molecule has 0 saturated heterocycles. The smallest absolute Gasteiger partial charge is 0.238 e. The van der Waals surface area contributed by atoms with Crippen LogP contribution in [-0.2, 0) is 10.0 Å². The van der Waals surface area contributed by atoms with E-state index in [1.54, 1.807) is 25.1 Å². The van der Waals surface area contributed by atoms with Gasteiger partial charge >= 0.3 is 0 Å². The summed E-state index contributed by atoms with van der Waals surface area (Å²) in [5, 5.41) is 12.8. The molecule has 0 spiro atoms. The second kappa shape index (κ2) is 6.55. The van der Waals surface area contributed by atoms with Crippen LogP contribution >= 0.6 is 0 Å². The molecule has 0 unspecified atom stereocenters. The molecule has 1 aromatic rings. The Hall–Kier alpha value is -0.910. The van der Waals surface area contributed by atoms with Gasteiger partial charge in [-0.15, -0.1) is 0 Å². The lowest BCUT2D eigenvalue weighted by Crippen LogP contribution is -2.13. The van der Waals surface area contributed by atoms with E-state index in [0.29, 0.717) is 12.2 Å². The first-order valence-electron chi connectivity index (χ1n) is 4.62. The van der Waals surface area contributed by atoms with Crippen LogP contribution in [0.25, 0.3) is 0 Å².